The monoisotopic (exact) mass is 693 g/mol. The highest BCUT2D eigenvalue weighted by Crippen LogP contribution is 2.42. The summed E-state index contributed by atoms with van der Waals surface area (Å²) in [6.45, 7) is 0. The Kier molecular flexibility index (Phi) is 6.61. The molecule has 0 spiro atoms. The van der Waals surface area contributed by atoms with Gasteiger partial charge in [-0.05, 0) is 105 Å². The zero-order valence-corrected chi connectivity index (χ0v) is 29.3. The summed E-state index contributed by atoms with van der Waals surface area (Å²) in [6.07, 6.45) is 0. The van der Waals surface area contributed by atoms with Crippen LogP contribution >= 0.6 is 0 Å². The van der Waals surface area contributed by atoms with E-state index in [0.29, 0.717) is 5.56 Å². The van der Waals surface area contributed by atoms with Crippen molar-refractivity contribution >= 4 is 49.6 Å². The van der Waals surface area contributed by atoms with Gasteiger partial charge >= 0.3 is 0 Å². The molecule has 0 aliphatic carbocycles. The van der Waals surface area contributed by atoms with Crippen LogP contribution in [0.15, 0.2) is 218 Å². The summed E-state index contributed by atoms with van der Waals surface area (Å²) in [5.74, 6) is 0. The maximum atomic E-state index is 8.58. The standard InChI is InChI=1S/C52H36N2/c1-3-13-37(14-4-1)40-25-30-44(31-26-40)53(45-32-27-41(28-33-45)38-15-5-2-6-16-38)46-20-11-19-43(36-46)48-22-12-24-51-52(48)49-21-9-10-23-50(49)54(51)47-34-29-39-17-7-8-18-42(39)35-47/h1-36H/i1D,3D,4D,13D,14D. The van der Waals surface area contributed by atoms with E-state index < -0.39 is 6.04 Å². The van der Waals surface area contributed by atoms with Gasteiger partial charge in [0.15, 0.2) is 0 Å². The number of rotatable bonds is 7. The molecule has 0 radical (unpaired) electrons. The second-order valence-corrected chi connectivity index (χ2v) is 13.4. The number of hydrogen-bond acceptors (Lipinski definition) is 1. The van der Waals surface area contributed by atoms with E-state index >= 15 is 0 Å². The highest BCUT2D eigenvalue weighted by Gasteiger charge is 2.18. The molecular formula is C52H36N2. The summed E-state index contributed by atoms with van der Waals surface area (Å²) in [6, 6.07) is 63.7. The normalized spacial score (nSPS) is 12.6. The molecule has 0 saturated carbocycles. The van der Waals surface area contributed by atoms with Gasteiger partial charge in [-0.15, -0.1) is 0 Å². The summed E-state index contributed by atoms with van der Waals surface area (Å²) in [4.78, 5) is 2.20. The van der Waals surface area contributed by atoms with E-state index in [-0.39, 0.29) is 29.7 Å². The number of aromatic nitrogens is 1. The molecule has 1 aromatic heterocycles. The molecule has 9 aromatic carbocycles. The average Bonchev–Trinajstić information content (AvgIpc) is 3.63. The molecule has 0 N–H and O–H groups in total. The lowest BCUT2D eigenvalue weighted by Crippen LogP contribution is -2.10. The number of benzene rings is 9. The van der Waals surface area contributed by atoms with Crippen LogP contribution in [-0.2, 0) is 0 Å². The molecule has 2 heteroatoms. The second-order valence-electron chi connectivity index (χ2n) is 13.4. The highest BCUT2D eigenvalue weighted by atomic mass is 15.1. The van der Waals surface area contributed by atoms with Crippen LogP contribution < -0.4 is 4.90 Å². The molecule has 0 amide bonds. The number of para-hydroxylation sites is 1. The average molecular weight is 694 g/mol. The van der Waals surface area contributed by atoms with E-state index in [4.69, 9.17) is 6.85 Å². The number of fused-ring (bicyclic) bond motifs is 4. The van der Waals surface area contributed by atoms with Crippen molar-refractivity contribution < 1.29 is 6.85 Å². The SMILES string of the molecule is [2H]c1c([2H])c([2H])c(-c2ccc(N(c3ccc(-c4ccccc4)cc3)c3cccc(-c4cccc5c4c4ccccc4n5-c4ccc5ccccc5c4)c3)cc2)c([2H])c1[2H]. The van der Waals surface area contributed by atoms with E-state index in [2.05, 4.69) is 155 Å². The first-order valence-corrected chi connectivity index (χ1v) is 18.1. The molecular weight excluding hydrogens is 653 g/mol. The predicted octanol–water partition coefficient (Wildman–Crippen LogP) is 14.4. The lowest BCUT2D eigenvalue weighted by Gasteiger charge is -2.26. The molecule has 0 aliphatic rings. The molecule has 0 atom stereocenters. The maximum Gasteiger partial charge on any atom is 0.0629 e. The van der Waals surface area contributed by atoms with Crippen molar-refractivity contribution in [1.29, 1.82) is 0 Å². The van der Waals surface area contributed by atoms with Gasteiger partial charge in [-0.2, -0.15) is 0 Å². The van der Waals surface area contributed by atoms with E-state index in [0.717, 1.165) is 56.0 Å². The number of hydrogen-bond donors (Lipinski definition) is 0. The van der Waals surface area contributed by atoms with Crippen LogP contribution in [0.1, 0.15) is 6.85 Å². The zero-order valence-electron chi connectivity index (χ0n) is 34.3. The molecule has 10 aromatic rings. The van der Waals surface area contributed by atoms with E-state index in [1.165, 1.54) is 21.5 Å². The Balaban J connectivity index is 1.12. The summed E-state index contributed by atoms with van der Waals surface area (Å²) >= 11 is 0. The number of anilines is 3. The van der Waals surface area contributed by atoms with Gasteiger partial charge in [0.05, 0.1) is 17.9 Å². The van der Waals surface area contributed by atoms with Crippen molar-refractivity contribution in [3.63, 3.8) is 0 Å². The first kappa shape index (κ1) is 26.6. The fraction of sp³-hybridized carbons (Fsp3) is 0. The molecule has 0 aliphatic heterocycles. The Hall–Kier alpha value is -7.16. The molecule has 54 heavy (non-hydrogen) atoms. The van der Waals surface area contributed by atoms with Crippen molar-refractivity contribution in [2.24, 2.45) is 0 Å². The lowest BCUT2D eigenvalue weighted by atomic mass is 9.98. The fourth-order valence-corrected chi connectivity index (χ4v) is 7.72. The minimum atomic E-state index is -0.403. The van der Waals surface area contributed by atoms with Gasteiger partial charge in [0.25, 0.3) is 0 Å². The fourth-order valence-electron chi connectivity index (χ4n) is 7.72. The first-order valence-electron chi connectivity index (χ1n) is 20.6. The van der Waals surface area contributed by atoms with Gasteiger partial charge in [-0.25, -0.2) is 0 Å². The van der Waals surface area contributed by atoms with Gasteiger partial charge in [-0.3, -0.25) is 0 Å². The van der Waals surface area contributed by atoms with E-state index in [9.17, 15) is 0 Å². The van der Waals surface area contributed by atoms with Crippen molar-refractivity contribution in [3.05, 3.63) is 218 Å². The van der Waals surface area contributed by atoms with Crippen LogP contribution in [0, 0.1) is 0 Å². The lowest BCUT2D eigenvalue weighted by molar-refractivity contribution is 1.19. The third kappa shape index (κ3) is 5.62. The molecule has 0 unspecified atom stereocenters. The van der Waals surface area contributed by atoms with Gasteiger partial charge in [0.1, 0.15) is 0 Å². The van der Waals surface area contributed by atoms with Crippen molar-refractivity contribution in [2.75, 3.05) is 4.90 Å². The van der Waals surface area contributed by atoms with Crippen LogP contribution in [0.5, 0.6) is 0 Å². The van der Waals surface area contributed by atoms with Gasteiger partial charge in [0.2, 0.25) is 0 Å². The molecule has 1 heterocycles. The Labute approximate surface area is 322 Å². The smallest absolute Gasteiger partial charge is 0.0629 e. The Bertz CT molecular complexity index is 3180. The largest absolute Gasteiger partial charge is 0.310 e. The summed E-state index contributed by atoms with van der Waals surface area (Å²) in [5.41, 5.74) is 11.3. The van der Waals surface area contributed by atoms with Gasteiger partial charge in [-0.1, -0.05) is 158 Å². The second kappa shape index (κ2) is 13.4. The quantitative estimate of drug-likeness (QED) is 0.161. The van der Waals surface area contributed by atoms with Gasteiger partial charge in [0, 0.05) is 33.5 Å². The maximum absolute atomic E-state index is 8.58. The Morgan fingerprint density at radius 2 is 1.00 bits per heavy atom. The van der Waals surface area contributed by atoms with E-state index in [1.807, 2.05) is 42.5 Å². The third-order valence-corrected chi connectivity index (χ3v) is 10.3. The zero-order chi connectivity index (χ0) is 40.2. The molecule has 0 saturated heterocycles. The topological polar surface area (TPSA) is 8.17 Å². The van der Waals surface area contributed by atoms with Crippen molar-refractivity contribution in [2.45, 2.75) is 0 Å². The van der Waals surface area contributed by atoms with Crippen LogP contribution in [0.3, 0.4) is 0 Å². The van der Waals surface area contributed by atoms with Crippen molar-refractivity contribution in [3.8, 4) is 39.1 Å². The predicted molar refractivity (Wildman–Crippen MR) is 229 cm³/mol. The van der Waals surface area contributed by atoms with Crippen LogP contribution in [0.25, 0.3) is 71.6 Å². The summed E-state index contributed by atoms with van der Waals surface area (Å²) < 4.78 is 44.1. The van der Waals surface area contributed by atoms with Gasteiger partial charge < -0.3 is 9.47 Å². The highest BCUT2D eigenvalue weighted by molar-refractivity contribution is 6.16. The van der Waals surface area contributed by atoms with Crippen LogP contribution in [-0.4, -0.2) is 4.57 Å². The van der Waals surface area contributed by atoms with Crippen LogP contribution in [0.4, 0.5) is 17.1 Å². The molecule has 10 rings (SSSR count). The molecule has 0 fully saturated rings. The first-order chi connectivity index (χ1) is 28.9. The van der Waals surface area contributed by atoms with E-state index in [1.54, 1.807) is 0 Å². The van der Waals surface area contributed by atoms with Crippen LogP contribution in [0.2, 0.25) is 0 Å². The minimum Gasteiger partial charge on any atom is -0.310 e. The summed E-state index contributed by atoms with van der Waals surface area (Å²) in [7, 11) is 0. The molecule has 254 valence electrons. The molecule has 2 nitrogen and oxygen atoms in total. The summed E-state index contributed by atoms with van der Waals surface area (Å²) in [5, 5.41) is 4.75. The van der Waals surface area contributed by atoms with Crippen molar-refractivity contribution in [1.82, 2.24) is 4.57 Å². The minimum absolute atomic E-state index is 0.180. The molecule has 0 bridgehead atoms. The third-order valence-electron chi connectivity index (χ3n) is 10.3. The number of nitrogens with zero attached hydrogens (tertiary/aromatic N) is 2. The Morgan fingerprint density at radius 1 is 0.389 bits per heavy atom. The Morgan fingerprint density at radius 3 is 1.78 bits per heavy atom.